The van der Waals surface area contributed by atoms with E-state index in [0.717, 1.165) is 35.0 Å². The second kappa shape index (κ2) is 5.04. The second-order valence-electron chi connectivity index (χ2n) is 3.99. The predicted molar refractivity (Wildman–Crippen MR) is 63.5 cm³/mol. The van der Waals surface area contributed by atoms with Crippen LogP contribution < -0.4 is 17.9 Å². The Morgan fingerprint density at radius 3 is 3.06 bits per heavy atom. The van der Waals surface area contributed by atoms with Crippen molar-refractivity contribution < 1.29 is 17.9 Å². The molecule has 0 bridgehead atoms. The molecule has 0 saturated carbocycles. The number of nitrogens with two attached hydrogens (primary N) is 1. The van der Waals surface area contributed by atoms with Crippen LogP contribution in [0.4, 0.5) is 0 Å². The molecule has 0 spiro atoms. The molecule has 0 aromatic carbocycles. The van der Waals surface area contributed by atoms with E-state index in [0.29, 0.717) is 5.15 Å². The van der Waals surface area contributed by atoms with Crippen molar-refractivity contribution in [3.8, 4) is 0 Å². The molecule has 1 unspecified atom stereocenters. The zero-order valence-corrected chi connectivity index (χ0v) is 11.1. The molecule has 2 N–H and O–H groups in total. The van der Waals surface area contributed by atoms with Crippen molar-refractivity contribution in [2.24, 2.45) is 0 Å². The lowest BCUT2D eigenvalue weighted by molar-refractivity contribution is -0.628. The van der Waals surface area contributed by atoms with E-state index in [9.17, 15) is 5.21 Å². The summed E-state index contributed by atoms with van der Waals surface area (Å²) < 4.78 is 0. The van der Waals surface area contributed by atoms with Gasteiger partial charge in [0.2, 0.25) is 0 Å². The number of hydroxylamine groups is 1. The molecule has 0 fully saturated rings. The van der Waals surface area contributed by atoms with Gasteiger partial charge in [0.25, 0.3) is 0 Å². The normalized spacial score (nSPS) is 18.8. The third kappa shape index (κ3) is 2.13. The molecule has 2 heterocycles. The van der Waals surface area contributed by atoms with E-state index in [2.05, 4.69) is 9.97 Å². The monoisotopic (exact) mass is 290 g/mol. The van der Waals surface area contributed by atoms with Crippen LogP contribution in [0.2, 0.25) is 5.15 Å². The molecule has 0 saturated heterocycles. The van der Waals surface area contributed by atoms with Crippen molar-refractivity contribution in [2.45, 2.75) is 25.3 Å². The first kappa shape index (κ1) is 13.0. The first-order chi connectivity index (χ1) is 7.79. The number of aromatic nitrogens is 2. The van der Waals surface area contributed by atoms with Crippen LogP contribution in [0, 0.1) is 5.21 Å². The van der Waals surface area contributed by atoms with Crippen LogP contribution in [0.5, 0.6) is 0 Å². The number of hydrogen-bond acceptors (Lipinski definition) is 4. The lowest BCUT2D eigenvalue weighted by Gasteiger charge is -2.21. The van der Waals surface area contributed by atoms with Gasteiger partial charge in [-0.2, -0.15) is 0 Å². The highest BCUT2D eigenvalue weighted by molar-refractivity contribution is 7.19. The lowest BCUT2D eigenvalue weighted by Crippen LogP contribution is -3.00. The maximum Gasteiger partial charge on any atom is 0.141 e. The van der Waals surface area contributed by atoms with Crippen molar-refractivity contribution in [1.29, 1.82) is 0 Å². The third-order valence-corrected chi connectivity index (χ3v) is 4.48. The Morgan fingerprint density at radius 2 is 2.29 bits per heavy atom. The Kier molecular flexibility index (Phi) is 3.85. The van der Waals surface area contributed by atoms with Gasteiger partial charge in [-0.25, -0.2) is 9.97 Å². The Morgan fingerprint density at radius 1 is 1.47 bits per heavy atom. The summed E-state index contributed by atoms with van der Waals surface area (Å²) in [4.78, 5) is 10.4. The van der Waals surface area contributed by atoms with Gasteiger partial charge >= 0.3 is 0 Å². The van der Waals surface area contributed by atoms with E-state index in [1.165, 1.54) is 16.8 Å². The van der Waals surface area contributed by atoms with E-state index in [-0.39, 0.29) is 18.4 Å². The van der Waals surface area contributed by atoms with Gasteiger partial charge < -0.3 is 23.1 Å². The Balaban J connectivity index is 0.00000108. The molecule has 2 aromatic rings. The van der Waals surface area contributed by atoms with E-state index in [4.69, 9.17) is 11.6 Å². The standard InChI is InChI=1S/C10H10ClN3OS.ClH/c11-9-8-6-2-1-5(14-15)3-7(6)16-10(8)13-4-12-9;/h4-5H,1-3,14H2;1H/p-1. The van der Waals surface area contributed by atoms with Gasteiger partial charge in [0.1, 0.15) is 16.3 Å². The van der Waals surface area contributed by atoms with Crippen LogP contribution in [0.1, 0.15) is 16.9 Å². The highest BCUT2D eigenvalue weighted by atomic mass is 35.5. The minimum atomic E-state index is 0. The van der Waals surface area contributed by atoms with Crippen molar-refractivity contribution in [3.63, 3.8) is 0 Å². The maximum atomic E-state index is 10.8. The topological polar surface area (TPSA) is 65.5 Å². The molecule has 1 aliphatic carbocycles. The number of thiophene rings is 1. The molecule has 92 valence electrons. The van der Waals surface area contributed by atoms with Crippen molar-refractivity contribution in [2.75, 3.05) is 0 Å². The molecule has 17 heavy (non-hydrogen) atoms. The summed E-state index contributed by atoms with van der Waals surface area (Å²) in [6.45, 7) is 0. The van der Waals surface area contributed by atoms with Crippen LogP contribution in [0.3, 0.4) is 0 Å². The first-order valence-corrected chi connectivity index (χ1v) is 6.35. The van der Waals surface area contributed by atoms with Gasteiger partial charge in [0.15, 0.2) is 0 Å². The summed E-state index contributed by atoms with van der Waals surface area (Å²) in [6.07, 6.45) is 4.14. The maximum absolute atomic E-state index is 10.8. The summed E-state index contributed by atoms with van der Waals surface area (Å²) in [5, 5.41) is 12.3. The fraction of sp³-hybridized carbons (Fsp3) is 0.400. The minimum Gasteiger partial charge on any atom is -1.00 e. The highest BCUT2D eigenvalue weighted by Gasteiger charge is 2.24. The van der Waals surface area contributed by atoms with Crippen LogP contribution in [-0.2, 0) is 12.8 Å². The molecular formula is C10H10Cl2N3OS-. The molecule has 7 heteroatoms. The number of halogens is 2. The highest BCUT2D eigenvalue weighted by Crippen LogP contribution is 2.37. The van der Waals surface area contributed by atoms with Gasteiger partial charge in [0, 0.05) is 17.7 Å². The average molecular weight is 291 g/mol. The molecule has 2 aromatic heterocycles. The molecule has 4 nitrogen and oxygen atoms in total. The van der Waals surface area contributed by atoms with Crippen LogP contribution in [-0.4, -0.2) is 16.0 Å². The Hall–Kier alpha value is -0.460. The first-order valence-electron chi connectivity index (χ1n) is 5.15. The predicted octanol–water partition coefficient (Wildman–Crippen LogP) is -1.73. The van der Waals surface area contributed by atoms with Crippen molar-refractivity contribution in [1.82, 2.24) is 9.97 Å². The van der Waals surface area contributed by atoms with Gasteiger partial charge in [-0.1, -0.05) is 11.6 Å². The van der Waals surface area contributed by atoms with Crippen LogP contribution >= 0.6 is 22.9 Å². The van der Waals surface area contributed by atoms with Gasteiger partial charge in [-0.05, 0) is 12.0 Å². The summed E-state index contributed by atoms with van der Waals surface area (Å²) in [5.41, 5.74) is 2.31. The van der Waals surface area contributed by atoms with Gasteiger partial charge in [-0.3, -0.25) is 0 Å². The fourth-order valence-electron chi connectivity index (χ4n) is 2.21. The summed E-state index contributed by atoms with van der Waals surface area (Å²) in [6, 6.07) is 0.160. The number of quaternary nitrogens is 1. The molecule has 0 aliphatic heterocycles. The zero-order chi connectivity index (χ0) is 11.1. The van der Waals surface area contributed by atoms with Crippen molar-refractivity contribution >= 4 is 33.2 Å². The molecule has 1 atom stereocenters. The van der Waals surface area contributed by atoms with Crippen LogP contribution in [0.25, 0.3) is 10.2 Å². The largest absolute Gasteiger partial charge is 1.00 e. The average Bonchev–Trinajstić information content (AvgIpc) is 2.67. The summed E-state index contributed by atoms with van der Waals surface area (Å²) in [7, 11) is 0. The van der Waals surface area contributed by atoms with Crippen molar-refractivity contribution in [3.05, 3.63) is 27.1 Å². The number of rotatable bonds is 1. The smallest absolute Gasteiger partial charge is 0.141 e. The summed E-state index contributed by atoms with van der Waals surface area (Å²) >= 11 is 7.73. The fourth-order valence-corrected chi connectivity index (χ4v) is 3.80. The van der Waals surface area contributed by atoms with E-state index in [1.54, 1.807) is 11.3 Å². The third-order valence-electron chi connectivity index (χ3n) is 3.03. The Labute approximate surface area is 113 Å². The van der Waals surface area contributed by atoms with Gasteiger partial charge in [0.05, 0.1) is 11.4 Å². The number of fused-ring (bicyclic) bond motifs is 3. The number of hydrogen-bond donors (Lipinski definition) is 1. The number of aryl methyl sites for hydroxylation is 1. The van der Waals surface area contributed by atoms with E-state index < -0.39 is 0 Å². The molecule has 1 aliphatic rings. The molecule has 3 rings (SSSR count). The van der Waals surface area contributed by atoms with Gasteiger partial charge in [-0.15, -0.1) is 11.3 Å². The van der Waals surface area contributed by atoms with E-state index >= 15 is 0 Å². The second-order valence-corrected chi connectivity index (χ2v) is 5.43. The molecule has 0 amide bonds. The zero-order valence-electron chi connectivity index (χ0n) is 8.82. The lowest BCUT2D eigenvalue weighted by atomic mass is 9.94. The van der Waals surface area contributed by atoms with E-state index in [1.807, 2.05) is 0 Å². The van der Waals surface area contributed by atoms with Crippen LogP contribution in [0.15, 0.2) is 6.33 Å². The Bertz CT molecular complexity index is 546. The SMILES string of the molecule is [Cl-].[O-][NH2+]C1CCc2c(sc3ncnc(Cl)c23)C1. The molecule has 0 radical (unpaired) electrons. The minimum absolute atomic E-state index is 0. The number of nitrogens with zero attached hydrogens (tertiary/aromatic N) is 2. The quantitative estimate of drug-likeness (QED) is 0.501. The molecular weight excluding hydrogens is 281 g/mol. The summed E-state index contributed by atoms with van der Waals surface area (Å²) in [5.74, 6) is 0.